The summed E-state index contributed by atoms with van der Waals surface area (Å²) in [5.74, 6) is -0.757. The first kappa shape index (κ1) is 12.0. The molecule has 0 atom stereocenters. The molecule has 92 valence electrons. The molecule has 0 spiro atoms. The molecule has 0 aliphatic rings. The first-order chi connectivity index (χ1) is 8.65. The van der Waals surface area contributed by atoms with Crippen LogP contribution in [0.25, 0.3) is 0 Å². The maximum Gasteiger partial charge on any atom is 0.337 e. The summed E-state index contributed by atoms with van der Waals surface area (Å²) in [4.78, 5) is 14.6. The van der Waals surface area contributed by atoms with Crippen LogP contribution in [0.2, 0.25) is 0 Å². The lowest BCUT2D eigenvalue weighted by molar-refractivity contribution is 0.0696. The molecule has 4 nitrogen and oxygen atoms in total. The molecule has 0 radical (unpaired) electrons. The Bertz CT molecular complexity index is 555. The van der Waals surface area contributed by atoms with Gasteiger partial charge in [0.1, 0.15) is 11.6 Å². The molecular weight excluding hydrogens is 235 g/mol. The predicted octanol–water partition coefficient (Wildman–Crippen LogP) is 2.53. The Hall–Kier alpha value is -2.43. The van der Waals surface area contributed by atoms with Crippen molar-refractivity contribution in [1.29, 1.82) is 0 Å². The average Bonchev–Trinajstić information content (AvgIpc) is 2.37. The molecule has 0 saturated carbocycles. The van der Waals surface area contributed by atoms with Crippen LogP contribution in [0.5, 0.6) is 0 Å². The number of pyridine rings is 1. The van der Waals surface area contributed by atoms with Gasteiger partial charge in [-0.2, -0.15) is 0 Å². The first-order valence-electron chi connectivity index (χ1n) is 5.33. The maximum atomic E-state index is 12.9. The predicted molar refractivity (Wildman–Crippen MR) is 64.9 cm³/mol. The van der Waals surface area contributed by atoms with Crippen molar-refractivity contribution >= 4 is 11.8 Å². The van der Waals surface area contributed by atoms with Gasteiger partial charge in [-0.15, -0.1) is 0 Å². The van der Waals surface area contributed by atoms with Gasteiger partial charge in [-0.25, -0.2) is 14.2 Å². The highest BCUT2D eigenvalue weighted by Gasteiger charge is 2.02. The van der Waals surface area contributed by atoms with Gasteiger partial charge in [0.15, 0.2) is 0 Å². The van der Waals surface area contributed by atoms with E-state index in [0.717, 1.165) is 5.56 Å². The first-order valence-corrected chi connectivity index (χ1v) is 5.33. The smallest absolute Gasteiger partial charge is 0.337 e. The number of carboxylic acid groups (broad SMARTS) is 1. The summed E-state index contributed by atoms with van der Waals surface area (Å²) in [5, 5.41) is 11.7. The van der Waals surface area contributed by atoms with Gasteiger partial charge < -0.3 is 10.4 Å². The molecule has 2 N–H and O–H groups in total. The normalized spacial score (nSPS) is 10.1. The van der Waals surface area contributed by atoms with Crippen molar-refractivity contribution in [2.75, 3.05) is 5.32 Å². The lowest BCUT2D eigenvalue weighted by atomic mass is 10.2. The molecular formula is C13H11FN2O2. The average molecular weight is 246 g/mol. The molecule has 0 aliphatic heterocycles. The number of benzene rings is 1. The van der Waals surface area contributed by atoms with Gasteiger partial charge in [0, 0.05) is 12.7 Å². The second kappa shape index (κ2) is 5.27. The quantitative estimate of drug-likeness (QED) is 0.870. The second-order valence-electron chi connectivity index (χ2n) is 3.72. The van der Waals surface area contributed by atoms with Gasteiger partial charge in [-0.1, -0.05) is 12.1 Å². The van der Waals surface area contributed by atoms with E-state index in [2.05, 4.69) is 10.3 Å². The third-order valence-corrected chi connectivity index (χ3v) is 2.37. The highest BCUT2D eigenvalue weighted by Crippen LogP contribution is 2.08. The van der Waals surface area contributed by atoms with Crippen LogP contribution in [0, 0.1) is 5.82 Å². The third-order valence-electron chi connectivity index (χ3n) is 2.37. The lowest BCUT2D eigenvalue weighted by Crippen LogP contribution is -2.03. The highest BCUT2D eigenvalue weighted by atomic mass is 19.1. The van der Waals surface area contributed by atoms with Crippen molar-refractivity contribution in [3.8, 4) is 0 Å². The van der Waals surface area contributed by atoms with Crippen LogP contribution >= 0.6 is 0 Å². The van der Waals surface area contributed by atoms with E-state index >= 15 is 0 Å². The van der Waals surface area contributed by atoms with Crippen molar-refractivity contribution in [2.24, 2.45) is 0 Å². The number of nitrogens with one attached hydrogen (secondary N) is 1. The summed E-state index contributed by atoms with van der Waals surface area (Å²) in [6.45, 7) is 0.428. The van der Waals surface area contributed by atoms with Crippen LogP contribution in [-0.2, 0) is 6.54 Å². The van der Waals surface area contributed by atoms with Gasteiger partial charge in [0.05, 0.1) is 5.56 Å². The van der Waals surface area contributed by atoms with Crippen molar-refractivity contribution < 1.29 is 14.3 Å². The summed E-state index contributed by atoms with van der Waals surface area (Å²) in [6, 6.07) is 9.27. The fourth-order valence-electron chi connectivity index (χ4n) is 1.46. The number of carbonyl (C=O) groups is 1. The topological polar surface area (TPSA) is 62.2 Å². The Morgan fingerprint density at radius 2 is 2.17 bits per heavy atom. The fourth-order valence-corrected chi connectivity index (χ4v) is 1.46. The Balaban J connectivity index is 2.00. The molecule has 0 saturated heterocycles. The molecule has 0 fully saturated rings. The fraction of sp³-hybridized carbons (Fsp3) is 0.0769. The number of hydrogen-bond acceptors (Lipinski definition) is 3. The maximum absolute atomic E-state index is 12.9. The minimum Gasteiger partial charge on any atom is -0.478 e. The molecule has 0 aliphatic carbocycles. The Morgan fingerprint density at radius 1 is 1.33 bits per heavy atom. The van der Waals surface area contributed by atoms with Crippen molar-refractivity contribution in [3.05, 3.63) is 59.5 Å². The third kappa shape index (κ3) is 3.04. The largest absolute Gasteiger partial charge is 0.478 e. The molecule has 0 bridgehead atoms. The van der Waals surface area contributed by atoms with E-state index in [1.807, 2.05) is 0 Å². The van der Waals surface area contributed by atoms with Gasteiger partial charge in [0.25, 0.3) is 0 Å². The number of anilines is 1. The van der Waals surface area contributed by atoms with Crippen molar-refractivity contribution in [2.45, 2.75) is 6.54 Å². The number of aromatic nitrogens is 1. The molecule has 1 aromatic heterocycles. The van der Waals surface area contributed by atoms with Crippen molar-refractivity contribution in [3.63, 3.8) is 0 Å². The van der Waals surface area contributed by atoms with Crippen LogP contribution < -0.4 is 5.32 Å². The summed E-state index contributed by atoms with van der Waals surface area (Å²) >= 11 is 0. The van der Waals surface area contributed by atoms with E-state index in [0.29, 0.717) is 12.4 Å². The Kier molecular flexibility index (Phi) is 3.52. The zero-order valence-corrected chi connectivity index (χ0v) is 9.43. The lowest BCUT2D eigenvalue weighted by Gasteiger charge is -2.05. The molecule has 0 amide bonds. The van der Waals surface area contributed by atoms with Gasteiger partial charge in [0.2, 0.25) is 0 Å². The summed E-state index contributed by atoms with van der Waals surface area (Å²) in [6.07, 6.45) is 1.27. The zero-order valence-electron chi connectivity index (χ0n) is 9.43. The minimum absolute atomic E-state index is 0.131. The number of carboxylic acids is 1. The Labute approximate surface area is 103 Å². The van der Waals surface area contributed by atoms with Gasteiger partial charge >= 0.3 is 5.97 Å². The van der Waals surface area contributed by atoms with Crippen LogP contribution in [-0.4, -0.2) is 16.1 Å². The zero-order chi connectivity index (χ0) is 13.0. The molecule has 0 unspecified atom stereocenters. The number of nitrogens with zero attached hydrogens (tertiary/aromatic N) is 1. The van der Waals surface area contributed by atoms with Crippen LogP contribution in [0.1, 0.15) is 15.9 Å². The van der Waals surface area contributed by atoms with Crippen LogP contribution in [0.3, 0.4) is 0 Å². The van der Waals surface area contributed by atoms with Crippen LogP contribution in [0.4, 0.5) is 10.2 Å². The summed E-state index contributed by atoms with van der Waals surface area (Å²) in [7, 11) is 0. The molecule has 2 rings (SSSR count). The molecule has 2 aromatic rings. The number of rotatable bonds is 4. The van der Waals surface area contributed by atoms with Gasteiger partial charge in [-0.05, 0) is 29.8 Å². The summed E-state index contributed by atoms with van der Waals surface area (Å²) in [5.41, 5.74) is 0.922. The minimum atomic E-state index is -1.01. The van der Waals surface area contributed by atoms with E-state index in [1.165, 1.54) is 24.4 Å². The summed E-state index contributed by atoms with van der Waals surface area (Å²) < 4.78 is 12.9. The standard InChI is InChI=1S/C13H11FN2O2/c14-11-3-1-2-9(6-11)7-15-12-5-4-10(8-16-12)13(17)18/h1-6,8H,7H2,(H,15,16)(H,17,18). The van der Waals surface area contributed by atoms with E-state index in [1.54, 1.807) is 18.2 Å². The second-order valence-corrected chi connectivity index (χ2v) is 3.72. The van der Waals surface area contributed by atoms with E-state index < -0.39 is 5.97 Å². The van der Waals surface area contributed by atoms with Crippen LogP contribution in [0.15, 0.2) is 42.6 Å². The number of aromatic carboxylic acids is 1. The number of hydrogen-bond donors (Lipinski definition) is 2. The molecule has 1 heterocycles. The van der Waals surface area contributed by atoms with Crippen molar-refractivity contribution in [1.82, 2.24) is 4.98 Å². The molecule has 1 aromatic carbocycles. The van der Waals surface area contributed by atoms with Gasteiger partial charge in [-0.3, -0.25) is 0 Å². The Morgan fingerprint density at radius 3 is 2.78 bits per heavy atom. The SMILES string of the molecule is O=C(O)c1ccc(NCc2cccc(F)c2)nc1. The number of halogens is 1. The molecule has 5 heteroatoms. The molecule has 18 heavy (non-hydrogen) atoms. The monoisotopic (exact) mass is 246 g/mol. The van der Waals surface area contributed by atoms with E-state index in [4.69, 9.17) is 5.11 Å². The highest BCUT2D eigenvalue weighted by molar-refractivity contribution is 5.87. The van der Waals surface area contributed by atoms with E-state index in [9.17, 15) is 9.18 Å². The van der Waals surface area contributed by atoms with E-state index in [-0.39, 0.29) is 11.4 Å².